The first kappa shape index (κ1) is 12.8. The molecule has 0 atom stereocenters. The summed E-state index contributed by atoms with van der Waals surface area (Å²) in [5.41, 5.74) is 0.817. The second kappa shape index (κ2) is 6.31. The molecule has 96 valence electrons. The lowest BCUT2D eigenvalue weighted by Gasteiger charge is -2.22. The van der Waals surface area contributed by atoms with Crippen LogP contribution in [0, 0.1) is 5.82 Å². The maximum Gasteiger partial charge on any atom is 0.244 e. The van der Waals surface area contributed by atoms with Crippen molar-refractivity contribution < 1.29 is 9.18 Å². The Bertz CT molecular complexity index is 422. The van der Waals surface area contributed by atoms with Crippen molar-refractivity contribution in [2.45, 2.75) is 18.9 Å². The standard InChI is InChI=1S/C14H17FN2O/c15-12-4-1-11(2-5-12)3-6-14(18)17-13-7-9-16-10-8-13/h1-6,13,16H,7-10H2,(H,17,18)/b6-3+. The molecule has 0 radical (unpaired) electrons. The smallest absolute Gasteiger partial charge is 0.244 e. The molecule has 0 bridgehead atoms. The molecule has 18 heavy (non-hydrogen) atoms. The van der Waals surface area contributed by atoms with Gasteiger partial charge in [0.1, 0.15) is 5.82 Å². The Morgan fingerprint density at radius 1 is 1.28 bits per heavy atom. The summed E-state index contributed by atoms with van der Waals surface area (Å²) in [7, 11) is 0. The molecule has 1 amide bonds. The lowest BCUT2D eigenvalue weighted by atomic mass is 10.1. The first-order valence-corrected chi connectivity index (χ1v) is 6.19. The van der Waals surface area contributed by atoms with Crippen molar-refractivity contribution >= 4 is 12.0 Å². The first-order valence-electron chi connectivity index (χ1n) is 6.19. The van der Waals surface area contributed by atoms with Crippen molar-refractivity contribution in [1.29, 1.82) is 0 Å². The molecule has 0 spiro atoms. The van der Waals surface area contributed by atoms with Crippen LogP contribution in [0.2, 0.25) is 0 Å². The average molecular weight is 248 g/mol. The second-order valence-electron chi connectivity index (χ2n) is 4.42. The van der Waals surface area contributed by atoms with Crippen LogP contribution < -0.4 is 10.6 Å². The van der Waals surface area contributed by atoms with Crippen LogP contribution in [0.15, 0.2) is 30.3 Å². The van der Waals surface area contributed by atoms with Crippen LogP contribution in [0.25, 0.3) is 6.08 Å². The van der Waals surface area contributed by atoms with E-state index in [1.807, 2.05) is 0 Å². The highest BCUT2D eigenvalue weighted by Gasteiger charge is 2.13. The normalized spacial score (nSPS) is 16.9. The molecule has 1 aromatic rings. The van der Waals surface area contributed by atoms with Crippen LogP contribution in [0.4, 0.5) is 4.39 Å². The van der Waals surface area contributed by atoms with Gasteiger partial charge in [0.2, 0.25) is 5.91 Å². The highest BCUT2D eigenvalue weighted by Crippen LogP contribution is 2.05. The van der Waals surface area contributed by atoms with Gasteiger partial charge < -0.3 is 10.6 Å². The zero-order chi connectivity index (χ0) is 12.8. The number of benzene rings is 1. The molecule has 1 heterocycles. The molecule has 0 aliphatic carbocycles. The second-order valence-corrected chi connectivity index (χ2v) is 4.42. The molecule has 0 aromatic heterocycles. The molecule has 3 nitrogen and oxygen atoms in total. The van der Waals surface area contributed by atoms with E-state index in [4.69, 9.17) is 0 Å². The number of hydrogen-bond donors (Lipinski definition) is 2. The van der Waals surface area contributed by atoms with E-state index in [9.17, 15) is 9.18 Å². The topological polar surface area (TPSA) is 41.1 Å². The van der Waals surface area contributed by atoms with Gasteiger partial charge in [0.05, 0.1) is 0 Å². The monoisotopic (exact) mass is 248 g/mol. The molecule has 0 saturated carbocycles. The Morgan fingerprint density at radius 3 is 2.61 bits per heavy atom. The van der Waals surface area contributed by atoms with Gasteiger partial charge in [-0.1, -0.05) is 12.1 Å². The number of hydrogen-bond acceptors (Lipinski definition) is 2. The molecule has 1 aromatic carbocycles. The van der Waals surface area contributed by atoms with Crippen molar-refractivity contribution in [3.8, 4) is 0 Å². The fraction of sp³-hybridized carbons (Fsp3) is 0.357. The predicted octanol–water partition coefficient (Wildman–Crippen LogP) is 1.71. The summed E-state index contributed by atoms with van der Waals surface area (Å²) in [6.07, 6.45) is 5.12. The molecular formula is C14H17FN2O. The summed E-state index contributed by atoms with van der Waals surface area (Å²) in [5.74, 6) is -0.363. The number of nitrogens with one attached hydrogen (secondary N) is 2. The Labute approximate surface area is 106 Å². The van der Waals surface area contributed by atoms with E-state index in [-0.39, 0.29) is 17.8 Å². The zero-order valence-corrected chi connectivity index (χ0v) is 10.2. The van der Waals surface area contributed by atoms with E-state index in [0.29, 0.717) is 0 Å². The summed E-state index contributed by atoms with van der Waals surface area (Å²) in [6.45, 7) is 1.90. The van der Waals surface area contributed by atoms with Gasteiger partial charge >= 0.3 is 0 Å². The van der Waals surface area contributed by atoms with Gasteiger partial charge in [-0.15, -0.1) is 0 Å². The third-order valence-corrected chi connectivity index (χ3v) is 2.98. The molecule has 1 aliphatic heterocycles. The molecule has 2 N–H and O–H groups in total. The van der Waals surface area contributed by atoms with Gasteiger partial charge in [-0.05, 0) is 49.7 Å². The van der Waals surface area contributed by atoms with E-state index in [0.717, 1.165) is 31.5 Å². The van der Waals surface area contributed by atoms with Crippen molar-refractivity contribution in [3.05, 3.63) is 41.7 Å². The van der Waals surface area contributed by atoms with Gasteiger partial charge in [0, 0.05) is 12.1 Å². The van der Waals surface area contributed by atoms with Crippen LogP contribution in [-0.2, 0) is 4.79 Å². The maximum absolute atomic E-state index is 12.7. The lowest BCUT2D eigenvalue weighted by molar-refractivity contribution is -0.117. The van der Waals surface area contributed by atoms with Gasteiger partial charge in [-0.3, -0.25) is 4.79 Å². The van der Waals surface area contributed by atoms with Gasteiger partial charge in [-0.25, -0.2) is 4.39 Å². The number of halogens is 1. The number of carbonyl (C=O) groups excluding carboxylic acids is 1. The quantitative estimate of drug-likeness (QED) is 0.799. The SMILES string of the molecule is O=C(/C=C/c1ccc(F)cc1)NC1CCNCC1. The minimum Gasteiger partial charge on any atom is -0.350 e. The first-order chi connectivity index (χ1) is 8.74. The zero-order valence-electron chi connectivity index (χ0n) is 10.2. The van der Waals surface area contributed by atoms with Crippen molar-refractivity contribution in [2.75, 3.05) is 13.1 Å². The maximum atomic E-state index is 12.7. The molecule has 1 aliphatic rings. The molecule has 4 heteroatoms. The Morgan fingerprint density at radius 2 is 1.94 bits per heavy atom. The summed E-state index contributed by atoms with van der Waals surface area (Å²) >= 11 is 0. The molecule has 1 fully saturated rings. The van der Waals surface area contributed by atoms with E-state index in [1.165, 1.54) is 18.2 Å². The van der Waals surface area contributed by atoms with Gasteiger partial charge in [-0.2, -0.15) is 0 Å². The third-order valence-electron chi connectivity index (χ3n) is 2.98. The van der Waals surface area contributed by atoms with Crippen LogP contribution in [0.5, 0.6) is 0 Å². The van der Waals surface area contributed by atoms with Crippen molar-refractivity contribution in [3.63, 3.8) is 0 Å². The minimum absolute atomic E-state index is 0.0915. The minimum atomic E-state index is -0.272. The summed E-state index contributed by atoms with van der Waals surface area (Å²) in [6, 6.07) is 6.30. The average Bonchev–Trinajstić information content (AvgIpc) is 2.39. The summed E-state index contributed by atoms with van der Waals surface area (Å²) < 4.78 is 12.7. The number of carbonyl (C=O) groups is 1. The van der Waals surface area contributed by atoms with Gasteiger partial charge in [0.25, 0.3) is 0 Å². The number of amides is 1. The number of rotatable bonds is 3. The van der Waals surface area contributed by atoms with Gasteiger partial charge in [0.15, 0.2) is 0 Å². The highest BCUT2D eigenvalue weighted by molar-refractivity contribution is 5.91. The molecule has 1 saturated heterocycles. The fourth-order valence-corrected chi connectivity index (χ4v) is 1.96. The van der Waals surface area contributed by atoms with Crippen molar-refractivity contribution in [2.24, 2.45) is 0 Å². The van der Waals surface area contributed by atoms with Crippen LogP contribution in [0.3, 0.4) is 0 Å². The summed E-state index contributed by atoms with van der Waals surface area (Å²) in [4.78, 5) is 11.7. The van der Waals surface area contributed by atoms with E-state index >= 15 is 0 Å². The Balaban J connectivity index is 1.84. The lowest BCUT2D eigenvalue weighted by Crippen LogP contribution is -2.42. The summed E-state index contributed by atoms with van der Waals surface area (Å²) in [5, 5.41) is 6.21. The van der Waals surface area contributed by atoms with E-state index < -0.39 is 0 Å². The predicted molar refractivity (Wildman–Crippen MR) is 69.5 cm³/mol. The fourth-order valence-electron chi connectivity index (χ4n) is 1.96. The molecule has 2 rings (SSSR count). The molecule has 0 unspecified atom stereocenters. The Kier molecular flexibility index (Phi) is 4.47. The largest absolute Gasteiger partial charge is 0.350 e. The van der Waals surface area contributed by atoms with Crippen LogP contribution in [-0.4, -0.2) is 25.0 Å². The molecular weight excluding hydrogens is 231 g/mol. The van der Waals surface area contributed by atoms with E-state index in [2.05, 4.69) is 10.6 Å². The van der Waals surface area contributed by atoms with E-state index in [1.54, 1.807) is 18.2 Å². The van der Waals surface area contributed by atoms with Crippen LogP contribution in [0.1, 0.15) is 18.4 Å². The van der Waals surface area contributed by atoms with Crippen molar-refractivity contribution in [1.82, 2.24) is 10.6 Å². The number of piperidine rings is 1. The highest BCUT2D eigenvalue weighted by atomic mass is 19.1. The van der Waals surface area contributed by atoms with Crippen LogP contribution >= 0.6 is 0 Å². The third kappa shape index (κ3) is 3.96. The Hall–Kier alpha value is -1.68.